The molecule has 2 atom stereocenters. The van der Waals surface area contributed by atoms with Crippen LogP contribution in [-0.2, 0) is 0 Å². The van der Waals surface area contributed by atoms with Gasteiger partial charge in [-0.1, -0.05) is 12.1 Å². The van der Waals surface area contributed by atoms with Crippen molar-refractivity contribution in [3.05, 3.63) is 28.8 Å². The van der Waals surface area contributed by atoms with Gasteiger partial charge in [0, 0.05) is 12.8 Å². The molecule has 4 heteroatoms. The van der Waals surface area contributed by atoms with Gasteiger partial charge in [0.25, 0.3) is 0 Å². The molecule has 0 bridgehead atoms. The summed E-state index contributed by atoms with van der Waals surface area (Å²) in [6.45, 7) is 17.7. The summed E-state index contributed by atoms with van der Waals surface area (Å²) in [6.07, 6.45) is 2.02. The normalized spacial score (nSPS) is 13.9. The van der Waals surface area contributed by atoms with Crippen molar-refractivity contribution >= 4 is 0 Å². The number of aryl methyl sites for hydroxylation is 2. The average molecular weight is 353 g/mol. The second-order valence-electron chi connectivity index (χ2n) is 7.42. The lowest BCUT2D eigenvalue weighted by Gasteiger charge is -2.18. The molecule has 144 valence electrons. The Hall–Kier alpha value is -1.10. The van der Waals surface area contributed by atoms with Gasteiger partial charge in [-0.2, -0.15) is 0 Å². The van der Waals surface area contributed by atoms with E-state index in [0.717, 1.165) is 11.3 Å². The molecule has 4 nitrogen and oxygen atoms in total. The van der Waals surface area contributed by atoms with Gasteiger partial charge in [0.2, 0.25) is 0 Å². The number of hydrogen-bond acceptors (Lipinski definition) is 2. The molecule has 0 unspecified atom stereocenters. The minimum absolute atomic E-state index is 0.359. The Kier molecular flexibility index (Phi) is 10.1. The first-order chi connectivity index (χ1) is 11.9. The Morgan fingerprint density at radius 1 is 1.12 bits per heavy atom. The molecular weight excluding hydrogens is 312 g/mol. The van der Waals surface area contributed by atoms with Gasteiger partial charge >= 0.3 is 0 Å². The lowest BCUT2D eigenvalue weighted by Crippen LogP contribution is -3.11. The van der Waals surface area contributed by atoms with Crippen LogP contribution in [0.5, 0.6) is 5.75 Å². The minimum atomic E-state index is -0.435. The Bertz CT molecular complexity index is 501. The van der Waals surface area contributed by atoms with Crippen molar-refractivity contribution < 1.29 is 20.1 Å². The van der Waals surface area contributed by atoms with Crippen LogP contribution in [0.25, 0.3) is 0 Å². The summed E-state index contributed by atoms with van der Waals surface area (Å²) in [6, 6.07) is 4.74. The molecule has 0 aliphatic rings. The summed E-state index contributed by atoms with van der Waals surface area (Å²) in [5.41, 5.74) is 3.53. The second kappa shape index (κ2) is 11.5. The molecule has 0 radical (unpaired) electrons. The highest BCUT2D eigenvalue weighted by atomic mass is 16.5. The first kappa shape index (κ1) is 21.9. The standard InChI is InChI=1S/C21H38N2O2/c1-7-23(8-2)13-9-10-18(5)22-14-20(24)15-25-21-17(4)12-11-16(3)19(21)6/h11-12,18,20,22,24H,7-10,13-15H2,1-6H3/p+2/t18-,20+/m0/s1. The maximum absolute atomic E-state index is 10.2. The number of nitrogens with one attached hydrogen (secondary N) is 1. The maximum Gasteiger partial charge on any atom is 0.137 e. The van der Waals surface area contributed by atoms with E-state index >= 15 is 0 Å². The average Bonchev–Trinajstić information content (AvgIpc) is 2.60. The molecule has 1 aromatic rings. The van der Waals surface area contributed by atoms with Crippen LogP contribution in [0, 0.1) is 20.8 Å². The van der Waals surface area contributed by atoms with Crippen LogP contribution in [0.4, 0.5) is 0 Å². The van der Waals surface area contributed by atoms with E-state index in [-0.39, 0.29) is 0 Å². The Labute approximate surface area is 154 Å². The summed E-state index contributed by atoms with van der Waals surface area (Å²) in [5, 5.41) is 12.5. The fourth-order valence-corrected chi connectivity index (χ4v) is 3.18. The highest BCUT2D eigenvalue weighted by Gasteiger charge is 2.14. The van der Waals surface area contributed by atoms with Crippen molar-refractivity contribution in [3.63, 3.8) is 0 Å². The molecule has 0 amide bonds. The topological polar surface area (TPSA) is 50.5 Å². The molecule has 4 N–H and O–H groups in total. The molecule has 25 heavy (non-hydrogen) atoms. The molecule has 0 spiro atoms. The fraction of sp³-hybridized carbons (Fsp3) is 0.714. The van der Waals surface area contributed by atoms with Crippen molar-refractivity contribution in [2.24, 2.45) is 0 Å². The number of aliphatic hydroxyl groups is 1. The molecule has 0 saturated carbocycles. The SMILES string of the molecule is CC[NH+](CC)CCC[C@H](C)[NH2+]C[C@@H](O)COc1c(C)ccc(C)c1C. The highest BCUT2D eigenvalue weighted by molar-refractivity contribution is 5.44. The van der Waals surface area contributed by atoms with Gasteiger partial charge < -0.3 is 20.1 Å². The summed E-state index contributed by atoms with van der Waals surface area (Å²) in [4.78, 5) is 1.67. The van der Waals surface area contributed by atoms with Crippen LogP contribution in [0.15, 0.2) is 12.1 Å². The van der Waals surface area contributed by atoms with Crippen molar-refractivity contribution in [1.82, 2.24) is 0 Å². The van der Waals surface area contributed by atoms with Crippen molar-refractivity contribution in [2.75, 3.05) is 32.8 Å². The molecule has 0 saturated heterocycles. The minimum Gasteiger partial charge on any atom is -0.490 e. The van der Waals surface area contributed by atoms with E-state index in [9.17, 15) is 5.11 Å². The van der Waals surface area contributed by atoms with E-state index in [0.29, 0.717) is 19.2 Å². The third kappa shape index (κ3) is 7.76. The Balaban J connectivity index is 2.29. The van der Waals surface area contributed by atoms with E-state index in [1.165, 1.54) is 43.6 Å². The van der Waals surface area contributed by atoms with Gasteiger partial charge in [-0.25, -0.2) is 0 Å². The summed E-state index contributed by atoms with van der Waals surface area (Å²) in [5.74, 6) is 0.925. The van der Waals surface area contributed by atoms with Crippen molar-refractivity contribution in [2.45, 2.75) is 66.5 Å². The number of rotatable bonds is 12. The summed E-state index contributed by atoms with van der Waals surface area (Å²) < 4.78 is 5.91. The predicted octanol–water partition coefficient (Wildman–Crippen LogP) is 1.01. The van der Waals surface area contributed by atoms with Crippen LogP contribution in [-0.4, -0.2) is 50.0 Å². The molecule has 0 fully saturated rings. The fourth-order valence-electron chi connectivity index (χ4n) is 3.18. The number of benzene rings is 1. The number of ether oxygens (including phenoxy) is 1. The molecule has 0 heterocycles. The van der Waals surface area contributed by atoms with Crippen LogP contribution in [0.1, 0.15) is 50.3 Å². The first-order valence-electron chi connectivity index (χ1n) is 9.93. The number of hydrogen-bond donors (Lipinski definition) is 3. The third-order valence-corrected chi connectivity index (χ3v) is 5.29. The Morgan fingerprint density at radius 2 is 1.76 bits per heavy atom. The molecule has 0 aliphatic heterocycles. The van der Waals surface area contributed by atoms with E-state index in [2.05, 4.69) is 59.0 Å². The van der Waals surface area contributed by atoms with Gasteiger partial charge in [-0.15, -0.1) is 0 Å². The van der Waals surface area contributed by atoms with Crippen LogP contribution < -0.4 is 15.0 Å². The molecular formula is C21H40N2O2+2. The molecule has 0 aliphatic carbocycles. The largest absolute Gasteiger partial charge is 0.490 e. The van der Waals surface area contributed by atoms with Crippen LogP contribution in [0.2, 0.25) is 0 Å². The lowest BCUT2D eigenvalue weighted by molar-refractivity contribution is -0.896. The zero-order valence-corrected chi connectivity index (χ0v) is 17.2. The van der Waals surface area contributed by atoms with Crippen molar-refractivity contribution in [3.8, 4) is 5.75 Å². The molecule has 1 aromatic carbocycles. The summed E-state index contributed by atoms with van der Waals surface area (Å²) in [7, 11) is 0. The van der Waals surface area contributed by atoms with Gasteiger partial charge in [-0.05, 0) is 58.2 Å². The van der Waals surface area contributed by atoms with Crippen LogP contribution in [0.3, 0.4) is 0 Å². The van der Waals surface area contributed by atoms with Gasteiger partial charge in [0.1, 0.15) is 25.0 Å². The number of quaternary nitrogens is 2. The second-order valence-corrected chi connectivity index (χ2v) is 7.42. The van der Waals surface area contributed by atoms with Crippen LogP contribution >= 0.6 is 0 Å². The van der Waals surface area contributed by atoms with Gasteiger partial charge in [-0.3, -0.25) is 0 Å². The monoisotopic (exact) mass is 352 g/mol. The lowest BCUT2D eigenvalue weighted by atomic mass is 10.1. The Morgan fingerprint density at radius 3 is 2.40 bits per heavy atom. The third-order valence-electron chi connectivity index (χ3n) is 5.29. The van der Waals surface area contributed by atoms with Gasteiger partial charge in [0.05, 0.1) is 25.7 Å². The highest BCUT2D eigenvalue weighted by Crippen LogP contribution is 2.25. The van der Waals surface area contributed by atoms with Gasteiger partial charge in [0.15, 0.2) is 0 Å². The quantitative estimate of drug-likeness (QED) is 0.526. The zero-order chi connectivity index (χ0) is 18.8. The van der Waals surface area contributed by atoms with E-state index in [4.69, 9.17) is 4.74 Å². The van der Waals surface area contributed by atoms with E-state index < -0.39 is 6.10 Å². The molecule has 0 aromatic heterocycles. The summed E-state index contributed by atoms with van der Waals surface area (Å²) >= 11 is 0. The maximum atomic E-state index is 10.2. The van der Waals surface area contributed by atoms with E-state index in [1.807, 2.05) is 0 Å². The van der Waals surface area contributed by atoms with Crippen molar-refractivity contribution in [1.29, 1.82) is 0 Å². The predicted molar refractivity (Wildman–Crippen MR) is 105 cm³/mol. The number of aliphatic hydroxyl groups excluding tert-OH is 1. The number of nitrogens with two attached hydrogens (primary N) is 1. The smallest absolute Gasteiger partial charge is 0.137 e. The first-order valence-corrected chi connectivity index (χ1v) is 9.93. The zero-order valence-electron chi connectivity index (χ0n) is 17.2. The molecule has 1 rings (SSSR count). The van der Waals surface area contributed by atoms with E-state index in [1.54, 1.807) is 4.90 Å².